The molecule has 0 fully saturated rings. The van der Waals surface area contributed by atoms with Gasteiger partial charge >= 0.3 is 0 Å². The molecule has 1 amide bonds. The highest BCUT2D eigenvalue weighted by Gasteiger charge is 2.16. The third-order valence-corrected chi connectivity index (χ3v) is 3.94. The molecule has 0 spiro atoms. The second-order valence-electron chi connectivity index (χ2n) is 5.77. The van der Waals surface area contributed by atoms with Gasteiger partial charge in [0, 0.05) is 25.3 Å². The lowest BCUT2D eigenvalue weighted by molar-refractivity contribution is 0.0749. The molecule has 0 atom stereocenters. The van der Waals surface area contributed by atoms with Crippen LogP contribution in [0.4, 0.5) is 11.4 Å². The average molecular weight is 325 g/mol. The Morgan fingerprint density at radius 2 is 1.58 bits per heavy atom. The number of carbonyl (C=O) groups is 1. The topological polar surface area (TPSA) is 36.4 Å². The SMILES string of the molecule is CCCN(CCC)C(=O)c1ccc(N(CC)c2ccccc2)cn1. The van der Waals surface area contributed by atoms with Crippen molar-refractivity contribution in [1.82, 2.24) is 9.88 Å². The van der Waals surface area contributed by atoms with E-state index in [0.717, 1.165) is 43.9 Å². The van der Waals surface area contributed by atoms with Gasteiger partial charge in [-0.1, -0.05) is 32.0 Å². The number of hydrogen-bond acceptors (Lipinski definition) is 3. The minimum Gasteiger partial charge on any atom is -0.341 e. The molecule has 4 heteroatoms. The zero-order chi connectivity index (χ0) is 17.4. The molecule has 0 aliphatic heterocycles. The molecule has 1 heterocycles. The number of pyridine rings is 1. The van der Waals surface area contributed by atoms with Crippen molar-refractivity contribution in [2.24, 2.45) is 0 Å². The van der Waals surface area contributed by atoms with Crippen LogP contribution in [-0.2, 0) is 0 Å². The van der Waals surface area contributed by atoms with E-state index in [4.69, 9.17) is 0 Å². The van der Waals surface area contributed by atoms with Crippen LogP contribution < -0.4 is 4.90 Å². The van der Waals surface area contributed by atoms with Gasteiger partial charge in [-0.3, -0.25) is 4.79 Å². The maximum Gasteiger partial charge on any atom is 0.272 e. The lowest BCUT2D eigenvalue weighted by Crippen LogP contribution is -2.33. The predicted molar refractivity (Wildman–Crippen MR) is 99.8 cm³/mol. The van der Waals surface area contributed by atoms with Crippen molar-refractivity contribution >= 4 is 17.3 Å². The van der Waals surface area contributed by atoms with E-state index in [1.165, 1.54) is 0 Å². The summed E-state index contributed by atoms with van der Waals surface area (Å²) in [6.45, 7) is 8.69. The summed E-state index contributed by atoms with van der Waals surface area (Å²) >= 11 is 0. The highest BCUT2D eigenvalue weighted by molar-refractivity contribution is 5.92. The van der Waals surface area contributed by atoms with Crippen LogP contribution in [0.3, 0.4) is 0 Å². The first-order chi connectivity index (χ1) is 11.7. The zero-order valence-corrected chi connectivity index (χ0v) is 14.9. The molecule has 0 radical (unpaired) electrons. The number of amides is 1. The summed E-state index contributed by atoms with van der Waals surface area (Å²) < 4.78 is 0. The summed E-state index contributed by atoms with van der Waals surface area (Å²) in [5, 5.41) is 0. The largest absolute Gasteiger partial charge is 0.341 e. The quantitative estimate of drug-likeness (QED) is 0.717. The van der Waals surface area contributed by atoms with Crippen LogP contribution in [0.25, 0.3) is 0 Å². The first-order valence-electron chi connectivity index (χ1n) is 8.79. The highest BCUT2D eigenvalue weighted by atomic mass is 16.2. The van der Waals surface area contributed by atoms with E-state index in [1.54, 1.807) is 6.20 Å². The number of hydrogen-bond donors (Lipinski definition) is 0. The number of benzene rings is 1. The normalized spacial score (nSPS) is 10.5. The standard InChI is InChI=1S/C20H27N3O/c1-4-14-22(15-5-2)20(24)19-13-12-18(16-21-19)23(6-3)17-10-8-7-9-11-17/h7-13,16H,4-6,14-15H2,1-3H3. The molecule has 2 rings (SSSR count). The smallest absolute Gasteiger partial charge is 0.272 e. The summed E-state index contributed by atoms with van der Waals surface area (Å²) in [6, 6.07) is 14.0. The molecule has 24 heavy (non-hydrogen) atoms. The third-order valence-electron chi connectivity index (χ3n) is 3.94. The zero-order valence-electron chi connectivity index (χ0n) is 14.9. The second-order valence-corrected chi connectivity index (χ2v) is 5.77. The predicted octanol–water partition coefficient (Wildman–Crippen LogP) is 4.50. The maximum atomic E-state index is 12.6. The van der Waals surface area contributed by atoms with E-state index >= 15 is 0 Å². The fraction of sp³-hybridized carbons (Fsp3) is 0.400. The molecular weight excluding hydrogens is 298 g/mol. The summed E-state index contributed by atoms with van der Waals surface area (Å²) in [7, 11) is 0. The molecule has 1 aromatic heterocycles. The molecule has 0 aliphatic rings. The van der Waals surface area contributed by atoms with Crippen LogP contribution in [-0.4, -0.2) is 35.4 Å². The van der Waals surface area contributed by atoms with Crippen LogP contribution in [0.1, 0.15) is 44.1 Å². The molecular formula is C20H27N3O. The van der Waals surface area contributed by atoms with Gasteiger partial charge in [0.25, 0.3) is 5.91 Å². The fourth-order valence-electron chi connectivity index (χ4n) is 2.81. The Hall–Kier alpha value is -2.36. The number of nitrogens with zero attached hydrogens (tertiary/aromatic N) is 3. The van der Waals surface area contributed by atoms with Gasteiger partial charge in [-0.05, 0) is 44.0 Å². The van der Waals surface area contributed by atoms with E-state index in [0.29, 0.717) is 5.69 Å². The third kappa shape index (κ3) is 4.34. The van der Waals surface area contributed by atoms with Gasteiger partial charge in [0.2, 0.25) is 0 Å². The monoisotopic (exact) mass is 325 g/mol. The first-order valence-corrected chi connectivity index (χ1v) is 8.79. The van der Waals surface area contributed by atoms with Crippen molar-refractivity contribution in [2.75, 3.05) is 24.5 Å². The molecule has 0 bridgehead atoms. The molecule has 4 nitrogen and oxygen atoms in total. The summed E-state index contributed by atoms with van der Waals surface area (Å²) in [5.74, 6) is 0.0213. The summed E-state index contributed by atoms with van der Waals surface area (Å²) in [6.07, 6.45) is 3.71. The number of aromatic nitrogens is 1. The number of carbonyl (C=O) groups excluding carboxylic acids is 1. The van der Waals surface area contributed by atoms with E-state index in [2.05, 4.69) is 42.8 Å². The van der Waals surface area contributed by atoms with Crippen molar-refractivity contribution in [3.8, 4) is 0 Å². The first kappa shape index (κ1) is 18.0. The minimum atomic E-state index is 0.0213. The number of anilines is 2. The van der Waals surface area contributed by atoms with Crippen molar-refractivity contribution < 1.29 is 4.79 Å². The Kier molecular flexibility index (Phi) is 6.79. The van der Waals surface area contributed by atoms with Crippen molar-refractivity contribution in [1.29, 1.82) is 0 Å². The molecule has 0 unspecified atom stereocenters. The lowest BCUT2D eigenvalue weighted by Gasteiger charge is -2.24. The van der Waals surface area contributed by atoms with Crippen molar-refractivity contribution in [3.05, 3.63) is 54.4 Å². The van der Waals surface area contributed by atoms with Crippen LogP contribution in [0, 0.1) is 0 Å². The van der Waals surface area contributed by atoms with Crippen LogP contribution in [0.15, 0.2) is 48.7 Å². The highest BCUT2D eigenvalue weighted by Crippen LogP contribution is 2.24. The number of rotatable bonds is 8. The maximum absolute atomic E-state index is 12.6. The Balaban J connectivity index is 2.18. The van der Waals surface area contributed by atoms with Gasteiger partial charge in [0.1, 0.15) is 5.69 Å². The minimum absolute atomic E-state index is 0.0213. The Morgan fingerprint density at radius 1 is 0.917 bits per heavy atom. The molecule has 1 aromatic carbocycles. The second kappa shape index (κ2) is 9.06. The average Bonchev–Trinajstić information content (AvgIpc) is 2.63. The van der Waals surface area contributed by atoms with Crippen LogP contribution in [0.2, 0.25) is 0 Å². The Morgan fingerprint density at radius 3 is 2.08 bits per heavy atom. The van der Waals surface area contributed by atoms with Gasteiger partial charge in [0.05, 0.1) is 11.9 Å². The molecule has 128 valence electrons. The molecule has 2 aromatic rings. The molecule has 0 saturated carbocycles. The van der Waals surface area contributed by atoms with E-state index in [9.17, 15) is 4.79 Å². The Labute approximate surface area is 145 Å². The van der Waals surface area contributed by atoms with Gasteiger partial charge in [-0.15, -0.1) is 0 Å². The fourth-order valence-corrected chi connectivity index (χ4v) is 2.81. The van der Waals surface area contributed by atoms with E-state index in [1.807, 2.05) is 35.2 Å². The molecule has 0 saturated heterocycles. The van der Waals surface area contributed by atoms with E-state index < -0.39 is 0 Å². The van der Waals surface area contributed by atoms with Gasteiger partial charge in [-0.2, -0.15) is 0 Å². The Bertz CT molecular complexity index is 619. The van der Waals surface area contributed by atoms with Gasteiger partial charge in [-0.25, -0.2) is 4.98 Å². The lowest BCUT2D eigenvalue weighted by atomic mass is 10.2. The summed E-state index contributed by atoms with van der Waals surface area (Å²) in [4.78, 5) is 21.1. The van der Waals surface area contributed by atoms with Crippen molar-refractivity contribution in [2.45, 2.75) is 33.6 Å². The van der Waals surface area contributed by atoms with E-state index in [-0.39, 0.29) is 5.91 Å². The van der Waals surface area contributed by atoms with Gasteiger partial charge < -0.3 is 9.80 Å². The number of para-hydroxylation sites is 1. The van der Waals surface area contributed by atoms with Crippen LogP contribution in [0.5, 0.6) is 0 Å². The van der Waals surface area contributed by atoms with Gasteiger partial charge in [0.15, 0.2) is 0 Å². The molecule has 0 N–H and O–H groups in total. The van der Waals surface area contributed by atoms with Crippen molar-refractivity contribution in [3.63, 3.8) is 0 Å². The van der Waals surface area contributed by atoms with Crippen LogP contribution >= 0.6 is 0 Å². The summed E-state index contributed by atoms with van der Waals surface area (Å²) in [5.41, 5.74) is 2.64. The molecule has 0 aliphatic carbocycles.